The summed E-state index contributed by atoms with van der Waals surface area (Å²) < 4.78 is 7.18. The molecular weight excluding hydrogens is 192 g/mol. The van der Waals surface area contributed by atoms with E-state index in [9.17, 15) is 0 Å². The van der Waals surface area contributed by atoms with E-state index in [4.69, 9.17) is 10.6 Å². The highest BCUT2D eigenvalue weighted by Gasteiger charge is 2.11. The fourth-order valence-corrected chi connectivity index (χ4v) is 1.38. The summed E-state index contributed by atoms with van der Waals surface area (Å²) in [4.78, 5) is 0. The van der Waals surface area contributed by atoms with Crippen molar-refractivity contribution >= 4 is 0 Å². The maximum Gasteiger partial charge on any atom is 0.0808 e. The monoisotopic (exact) mass is 212 g/mol. The van der Waals surface area contributed by atoms with Crippen molar-refractivity contribution in [2.45, 2.75) is 25.8 Å². The van der Waals surface area contributed by atoms with Crippen LogP contribution in [0.25, 0.3) is 0 Å². The molecule has 0 amide bonds. The van der Waals surface area contributed by atoms with Gasteiger partial charge < -0.3 is 4.74 Å². The van der Waals surface area contributed by atoms with Gasteiger partial charge in [-0.25, -0.2) is 0 Å². The minimum atomic E-state index is 0.0723. The molecule has 5 heteroatoms. The lowest BCUT2D eigenvalue weighted by atomic mass is 10.1. The van der Waals surface area contributed by atoms with Gasteiger partial charge in [0.25, 0.3) is 0 Å². The van der Waals surface area contributed by atoms with Gasteiger partial charge in [-0.05, 0) is 18.9 Å². The van der Waals surface area contributed by atoms with Crippen molar-refractivity contribution in [1.29, 1.82) is 0 Å². The third-order valence-corrected chi connectivity index (χ3v) is 2.19. The first-order valence-corrected chi connectivity index (χ1v) is 5.31. The van der Waals surface area contributed by atoms with Crippen molar-refractivity contribution in [2.24, 2.45) is 12.9 Å². The van der Waals surface area contributed by atoms with Crippen LogP contribution in [0.3, 0.4) is 0 Å². The predicted molar refractivity (Wildman–Crippen MR) is 59.0 cm³/mol. The molecule has 0 aliphatic heterocycles. The standard InChI is InChI=1S/C10H20N4O/c1-3-7-15-8-5-9(12-11)10-4-6-14(2)13-10/h4,6,9,12H,3,5,7-8,11H2,1-2H3. The lowest BCUT2D eigenvalue weighted by molar-refractivity contribution is 0.124. The van der Waals surface area contributed by atoms with Gasteiger partial charge in [0.15, 0.2) is 0 Å². The molecule has 1 heterocycles. The number of hydrogen-bond donors (Lipinski definition) is 2. The molecule has 0 saturated heterocycles. The van der Waals surface area contributed by atoms with Gasteiger partial charge in [0, 0.05) is 26.5 Å². The third kappa shape index (κ3) is 3.99. The average Bonchev–Trinajstić information content (AvgIpc) is 2.65. The van der Waals surface area contributed by atoms with Crippen molar-refractivity contribution in [2.75, 3.05) is 13.2 Å². The van der Waals surface area contributed by atoms with Crippen LogP contribution in [-0.2, 0) is 11.8 Å². The van der Waals surface area contributed by atoms with Crippen molar-refractivity contribution < 1.29 is 4.74 Å². The minimum Gasteiger partial charge on any atom is -0.381 e. The summed E-state index contributed by atoms with van der Waals surface area (Å²) in [6, 6.07) is 2.03. The molecule has 0 fully saturated rings. The number of aryl methyl sites for hydroxylation is 1. The van der Waals surface area contributed by atoms with Crippen LogP contribution in [-0.4, -0.2) is 23.0 Å². The Balaban J connectivity index is 2.35. The summed E-state index contributed by atoms with van der Waals surface area (Å²) in [6.45, 7) is 3.61. The molecule has 1 aromatic heterocycles. The quantitative estimate of drug-likeness (QED) is 0.397. The molecule has 1 atom stereocenters. The maximum atomic E-state index is 5.47. The van der Waals surface area contributed by atoms with Crippen LogP contribution in [0.15, 0.2) is 12.3 Å². The van der Waals surface area contributed by atoms with Crippen LogP contribution in [0.5, 0.6) is 0 Å². The largest absolute Gasteiger partial charge is 0.381 e. The topological polar surface area (TPSA) is 65.1 Å². The molecule has 0 aromatic carbocycles. The average molecular weight is 212 g/mol. The Morgan fingerprint density at radius 2 is 2.40 bits per heavy atom. The third-order valence-electron chi connectivity index (χ3n) is 2.19. The molecule has 0 aliphatic carbocycles. The van der Waals surface area contributed by atoms with Crippen LogP contribution in [0.2, 0.25) is 0 Å². The molecular formula is C10H20N4O. The van der Waals surface area contributed by atoms with Gasteiger partial charge >= 0.3 is 0 Å². The Bertz CT molecular complexity index is 274. The highest BCUT2D eigenvalue weighted by atomic mass is 16.5. The van der Waals surface area contributed by atoms with E-state index in [0.717, 1.165) is 25.1 Å². The molecule has 5 nitrogen and oxygen atoms in total. The van der Waals surface area contributed by atoms with Gasteiger partial charge in [0.2, 0.25) is 0 Å². The lowest BCUT2D eigenvalue weighted by Crippen LogP contribution is -2.29. The highest BCUT2D eigenvalue weighted by molar-refractivity contribution is 5.04. The van der Waals surface area contributed by atoms with Crippen molar-refractivity contribution in [3.8, 4) is 0 Å². The summed E-state index contributed by atoms with van der Waals surface area (Å²) in [7, 11) is 1.89. The smallest absolute Gasteiger partial charge is 0.0808 e. The molecule has 1 unspecified atom stereocenters. The molecule has 15 heavy (non-hydrogen) atoms. The van der Waals surface area contributed by atoms with E-state index in [0.29, 0.717) is 6.61 Å². The minimum absolute atomic E-state index is 0.0723. The Morgan fingerprint density at radius 1 is 1.60 bits per heavy atom. The molecule has 0 saturated carbocycles. The number of rotatable bonds is 7. The number of nitrogens with one attached hydrogen (secondary N) is 1. The zero-order valence-electron chi connectivity index (χ0n) is 9.44. The van der Waals surface area contributed by atoms with Crippen LogP contribution in [0, 0.1) is 0 Å². The summed E-state index contributed by atoms with van der Waals surface area (Å²) >= 11 is 0. The number of nitrogens with two attached hydrogens (primary N) is 1. The number of hydrazine groups is 1. The van der Waals surface area contributed by atoms with Crippen LogP contribution in [0.4, 0.5) is 0 Å². The van der Waals surface area contributed by atoms with E-state index in [1.54, 1.807) is 4.68 Å². The first-order valence-electron chi connectivity index (χ1n) is 5.31. The van der Waals surface area contributed by atoms with E-state index < -0.39 is 0 Å². The molecule has 3 N–H and O–H groups in total. The van der Waals surface area contributed by atoms with Crippen LogP contribution < -0.4 is 11.3 Å². The van der Waals surface area contributed by atoms with E-state index in [2.05, 4.69) is 17.4 Å². The number of aromatic nitrogens is 2. The van der Waals surface area contributed by atoms with Crippen molar-refractivity contribution in [3.05, 3.63) is 18.0 Å². The molecule has 0 radical (unpaired) electrons. The summed E-state index contributed by atoms with van der Waals surface area (Å²) in [6.07, 6.45) is 3.80. The summed E-state index contributed by atoms with van der Waals surface area (Å²) in [5, 5.41) is 4.30. The van der Waals surface area contributed by atoms with E-state index >= 15 is 0 Å². The first kappa shape index (κ1) is 12.2. The van der Waals surface area contributed by atoms with Gasteiger partial charge in [-0.3, -0.25) is 16.0 Å². The number of hydrogen-bond acceptors (Lipinski definition) is 4. The second kappa shape index (κ2) is 6.55. The Kier molecular flexibility index (Phi) is 5.31. The van der Waals surface area contributed by atoms with Crippen LogP contribution >= 0.6 is 0 Å². The Hall–Kier alpha value is -0.910. The predicted octanol–water partition coefficient (Wildman–Crippen LogP) is 0.741. The van der Waals surface area contributed by atoms with Crippen molar-refractivity contribution in [1.82, 2.24) is 15.2 Å². The number of ether oxygens (including phenoxy) is 1. The lowest BCUT2D eigenvalue weighted by Gasteiger charge is -2.13. The maximum absolute atomic E-state index is 5.47. The van der Waals surface area contributed by atoms with Gasteiger partial charge in [-0.1, -0.05) is 6.92 Å². The molecule has 86 valence electrons. The first-order chi connectivity index (χ1) is 7.27. The second-order valence-electron chi connectivity index (χ2n) is 3.53. The van der Waals surface area contributed by atoms with Crippen molar-refractivity contribution in [3.63, 3.8) is 0 Å². The van der Waals surface area contributed by atoms with E-state index in [1.165, 1.54) is 0 Å². The van der Waals surface area contributed by atoms with Gasteiger partial charge in [-0.2, -0.15) is 5.10 Å². The molecule has 0 spiro atoms. The summed E-state index contributed by atoms with van der Waals surface area (Å²) in [5.74, 6) is 5.47. The van der Waals surface area contributed by atoms with E-state index in [1.807, 2.05) is 19.3 Å². The second-order valence-corrected chi connectivity index (χ2v) is 3.53. The fraction of sp³-hybridized carbons (Fsp3) is 0.700. The Labute approximate surface area is 90.6 Å². The van der Waals surface area contributed by atoms with Gasteiger partial charge in [0.1, 0.15) is 0 Å². The summed E-state index contributed by atoms with van der Waals surface area (Å²) in [5.41, 5.74) is 3.71. The zero-order valence-corrected chi connectivity index (χ0v) is 9.44. The normalized spacial score (nSPS) is 13.0. The molecule has 1 rings (SSSR count). The SMILES string of the molecule is CCCOCCC(NN)c1ccn(C)n1. The highest BCUT2D eigenvalue weighted by Crippen LogP contribution is 2.12. The fourth-order valence-electron chi connectivity index (χ4n) is 1.38. The molecule has 1 aromatic rings. The molecule has 0 bridgehead atoms. The number of nitrogens with zero attached hydrogens (tertiary/aromatic N) is 2. The van der Waals surface area contributed by atoms with Gasteiger partial charge in [0.05, 0.1) is 11.7 Å². The zero-order chi connectivity index (χ0) is 11.1. The van der Waals surface area contributed by atoms with Gasteiger partial charge in [-0.15, -0.1) is 0 Å². The Morgan fingerprint density at radius 3 is 2.93 bits per heavy atom. The molecule has 0 aliphatic rings. The van der Waals surface area contributed by atoms with E-state index in [-0.39, 0.29) is 6.04 Å². The van der Waals surface area contributed by atoms with Crippen LogP contribution in [0.1, 0.15) is 31.5 Å².